The van der Waals surface area contributed by atoms with E-state index in [9.17, 15) is 35.1 Å². The van der Waals surface area contributed by atoms with Crippen LogP contribution in [-0.2, 0) is 27.4 Å². The van der Waals surface area contributed by atoms with Gasteiger partial charge in [-0.3, -0.25) is 0 Å². The van der Waals surface area contributed by atoms with E-state index in [4.69, 9.17) is 4.74 Å². The zero-order valence-electron chi connectivity index (χ0n) is 29.7. The summed E-state index contributed by atoms with van der Waals surface area (Å²) in [4.78, 5) is 26.9. The Morgan fingerprint density at radius 1 is 1.06 bits per heavy atom. The number of rotatable bonds is 3. The van der Waals surface area contributed by atoms with E-state index >= 15 is 0 Å². The van der Waals surface area contributed by atoms with Gasteiger partial charge in [0.25, 0.3) is 0 Å². The first-order chi connectivity index (χ1) is 24.4. The average Bonchev–Trinajstić information content (AvgIpc) is 3.81. The van der Waals surface area contributed by atoms with Gasteiger partial charge in [-0.25, -0.2) is 4.79 Å². The Labute approximate surface area is 300 Å². The van der Waals surface area contributed by atoms with Gasteiger partial charge in [0, 0.05) is 47.8 Å². The lowest BCUT2D eigenvalue weighted by atomic mass is 9.37. The third-order valence-electron chi connectivity index (χ3n) is 16.6. The molecule has 0 radical (unpaired) electrons. The van der Waals surface area contributed by atoms with Gasteiger partial charge in [-0.15, -0.1) is 0 Å². The summed E-state index contributed by atoms with van der Waals surface area (Å²) in [5, 5.41) is 64.8. The summed E-state index contributed by atoms with van der Waals surface area (Å²) < 4.78 is 6.16. The molecule has 9 nitrogen and oxygen atoms in total. The topological polar surface area (TPSA) is 157 Å². The van der Waals surface area contributed by atoms with Crippen molar-refractivity contribution in [1.82, 2.24) is 5.32 Å². The maximum absolute atomic E-state index is 13.7. The van der Waals surface area contributed by atoms with Crippen molar-refractivity contribution in [2.24, 2.45) is 39.9 Å². The van der Waals surface area contributed by atoms with Crippen molar-refractivity contribution in [3.63, 3.8) is 0 Å². The maximum Gasteiger partial charge on any atom is 0.331 e. The maximum atomic E-state index is 13.7. The lowest BCUT2D eigenvalue weighted by Crippen LogP contribution is -2.78. The smallest absolute Gasteiger partial charge is 0.331 e. The van der Waals surface area contributed by atoms with Crippen molar-refractivity contribution in [2.75, 3.05) is 7.05 Å². The molecule has 0 aromatic heterocycles. The molecular weight excluding hydrogens is 646 g/mol. The van der Waals surface area contributed by atoms with E-state index in [2.05, 4.69) is 17.2 Å². The predicted molar refractivity (Wildman–Crippen MR) is 187 cm³/mol. The first-order valence-electron chi connectivity index (χ1n) is 19.6. The molecule has 8 aliphatic carbocycles. The Kier molecular flexibility index (Phi) is 7.69. The van der Waals surface area contributed by atoms with Crippen molar-refractivity contribution in [2.45, 2.75) is 138 Å². The van der Waals surface area contributed by atoms with Crippen LogP contribution >= 0.6 is 0 Å². The summed E-state index contributed by atoms with van der Waals surface area (Å²) in [6.07, 6.45) is 9.10. The fourth-order valence-corrected chi connectivity index (χ4v) is 14.4. The second-order valence-electron chi connectivity index (χ2n) is 18.0. The van der Waals surface area contributed by atoms with Gasteiger partial charge >= 0.3 is 5.97 Å². The molecule has 1 aromatic rings. The van der Waals surface area contributed by atoms with Gasteiger partial charge in [-0.05, 0) is 118 Å². The molecule has 1 heterocycles. The molecule has 4 bridgehead atoms. The van der Waals surface area contributed by atoms with E-state index in [0.29, 0.717) is 51.4 Å². The van der Waals surface area contributed by atoms with Gasteiger partial charge in [-0.1, -0.05) is 36.8 Å². The van der Waals surface area contributed by atoms with Crippen molar-refractivity contribution in [1.29, 1.82) is 0 Å². The molecule has 6 fully saturated rings. The molecule has 1 aromatic carbocycles. The second kappa shape index (κ2) is 11.5. The van der Waals surface area contributed by atoms with Gasteiger partial charge < -0.3 is 40.4 Å². The van der Waals surface area contributed by atoms with E-state index in [0.717, 1.165) is 54.2 Å². The van der Waals surface area contributed by atoms with Crippen molar-refractivity contribution in [3.05, 3.63) is 46.5 Å². The molecule has 2 spiro atoms. The molecule has 0 saturated heterocycles. The number of nitrogens with one attached hydrogen (secondary N) is 1. The minimum absolute atomic E-state index is 0.0563. The number of aliphatic hydroxyl groups excluding tert-OH is 2. The molecule has 274 valence electrons. The summed E-state index contributed by atoms with van der Waals surface area (Å²) >= 11 is 0. The van der Waals surface area contributed by atoms with Crippen LogP contribution in [0.4, 0.5) is 0 Å². The highest BCUT2D eigenvalue weighted by Crippen LogP contribution is 2.77. The fourth-order valence-electron chi connectivity index (χ4n) is 14.4. The van der Waals surface area contributed by atoms with Crippen LogP contribution in [0.25, 0.3) is 0 Å². The Balaban J connectivity index is 1.20. The van der Waals surface area contributed by atoms with E-state index in [1.54, 1.807) is 6.08 Å². The van der Waals surface area contributed by atoms with E-state index in [1.165, 1.54) is 0 Å². The number of likely N-dealkylation sites (N-methyl/N-ethyl adjacent to an activating group) is 1. The van der Waals surface area contributed by atoms with Gasteiger partial charge in [0.2, 0.25) is 0 Å². The first kappa shape index (κ1) is 34.2. The Morgan fingerprint density at radius 3 is 2.61 bits per heavy atom. The number of esters is 1. The van der Waals surface area contributed by atoms with Crippen LogP contribution in [0.15, 0.2) is 29.8 Å². The van der Waals surface area contributed by atoms with Crippen LogP contribution in [0.2, 0.25) is 0 Å². The number of carbonyl (C=O) groups excluding carboxylic acids is 2. The number of fused-ring (bicyclic) bond motifs is 7. The molecule has 12 atom stereocenters. The van der Waals surface area contributed by atoms with Gasteiger partial charge in [0.05, 0.1) is 29.3 Å². The van der Waals surface area contributed by atoms with Crippen LogP contribution in [0, 0.1) is 51.8 Å². The molecule has 9 heteroatoms. The zero-order valence-corrected chi connectivity index (χ0v) is 29.7. The lowest BCUT2D eigenvalue weighted by molar-refractivity contribution is -0.327. The Bertz CT molecular complexity index is 1740. The molecule has 10 rings (SSSR count). The monoisotopic (exact) mass is 699 g/mol. The fraction of sp³-hybridized carbons (Fsp3) is 0.714. The molecule has 51 heavy (non-hydrogen) atoms. The summed E-state index contributed by atoms with van der Waals surface area (Å²) in [5.74, 6) is 5.40. The van der Waals surface area contributed by atoms with Crippen LogP contribution in [-0.4, -0.2) is 79.9 Å². The number of aliphatic hydroxyl groups is 5. The summed E-state index contributed by atoms with van der Waals surface area (Å²) in [6, 6.07) is 5.71. The standard InChI is InChI=1S/C42H53NO8/c1-43-31-18-28-25(8-6-9-26(28)22-44)7-2-3-13-38-14-10-32-39(24-45)23-37(11-4-5-12-37)33(46)21-40(39,48)15-16-41(32,49)42(38,50)20-27-17-29(31)36-30(35(27)38)19-34(47)51-36/h6,8-9,19,24,27,29,31-33,35-36,43-44,46,48-50H,3-5,10-18,20-23H2,1H3/t27-,29-,31-,32+,33+,35+,36+,38+,39-,40-,41-,42+/m0/s1. The first-order valence-corrected chi connectivity index (χ1v) is 19.6. The highest BCUT2D eigenvalue weighted by molar-refractivity contribution is 5.86. The molecular formula is C42H53NO8. The summed E-state index contributed by atoms with van der Waals surface area (Å²) in [5.41, 5.74) is -3.75. The van der Waals surface area contributed by atoms with Gasteiger partial charge in [0.15, 0.2) is 0 Å². The quantitative estimate of drug-likeness (QED) is 0.159. The van der Waals surface area contributed by atoms with Crippen molar-refractivity contribution < 1.29 is 39.9 Å². The molecule has 0 unspecified atom stereocenters. The average molecular weight is 700 g/mol. The van der Waals surface area contributed by atoms with Gasteiger partial charge in [0.1, 0.15) is 18.0 Å². The summed E-state index contributed by atoms with van der Waals surface area (Å²) in [7, 11) is 1.92. The highest BCUT2D eigenvalue weighted by Gasteiger charge is 2.81. The number of carbonyl (C=O) groups is 2. The predicted octanol–water partition coefficient (Wildman–Crippen LogP) is 3.25. The van der Waals surface area contributed by atoms with E-state index in [-0.39, 0.29) is 55.6 Å². The zero-order chi connectivity index (χ0) is 35.6. The number of ether oxygens (including phenoxy) is 1. The van der Waals surface area contributed by atoms with Crippen molar-refractivity contribution >= 4 is 12.3 Å². The van der Waals surface area contributed by atoms with Crippen molar-refractivity contribution in [3.8, 4) is 11.8 Å². The third-order valence-corrected chi connectivity index (χ3v) is 16.6. The highest BCUT2D eigenvalue weighted by atomic mass is 16.5. The molecule has 6 saturated carbocycles. The molecule has 0 amide bonds. The lowest BCUT2D eigenvalue weighted by Gasteiger charge is -2.70. The molecule has 6 N–H and O–H groups in total. The minimum atomic E-state index is -1.66. The van der Waals surface area contributed by atoms with Crippen LogP contribution < -0.4 is 5.32 Å². The second-order valence-corrected chi connectivity index (χ2v) is 18.0. The summed E-state index contributed by atoms with van der Waals surface area (Å²) in [6.45, 7) is -0.104. The minimum Gasteiger partial charge on any atom is -0.454 e. The van der Waals surface area contributed by atoms with Crippen LogP contribution in [0.1, 0.15) is 107 Å². The Hall–Kier alpha value is -2.58. The Morgan fingerprint density at radius 2 is 1.86 bits per heavy atom. The van der Waals surface area contributed by atoms with Crippen LogP contribution in [0.5, 0.6) is 0 Å². The van der Waals surface area contributed by atoms with E-state index in [1.807, 2.05) is 25.2 Å². The number of aldehydes is 1. The largest absolute Gasteiger partial charge is 0.454 e. The number of benzene rings is 1. The number of hydrogen-bond donors (Lipinski definition) is 6. The van der Waals surface area contributed by atoms with Crippen LogP contribution in [0.3, 0.4) is 0 Å². The normalized spacial score (nSPS) is 47.5. The van der Waals surface area contributed by atoms with E-state index < -0.39 is 51.2 Å². The number of hydrogen-bond acceptors (Lipinski definition) is 9. The van der Waals surface area contributed by atoms with Gasteiger partial charge in [-0.2, -0.15) is 0 Å². The molecule has 1 aliphatic heterocycles. The molecule has 9 aliphatic rings. The third kappa shape index (κ3) is 4.27. The SMILES string of the molecule is CN[C@H]1Cc2c(cccc2CO)C#CCC[C@]23CC[C@H]4[C@@](O)(CC[C@]5(O)C[C@@H](O)C6(CCCC6)C[C@]45C=O)[C@@]2(O)C[C@@H]2C[C@@H]1[C@H]1OC(=O)C=C1[C@@H]23.